The van der Waals surface area contributed by atoms with Gasteiger partial charge in [-0.05, 0) is 33.3 Å². The Bertz CT molecular complexity index is 563. The van der Waals surface area contributed by atoms with E-state index in [9.17, 15) is 19.4 Å². The number of carbonyl (C=O) groups excluding carboxylic acids is 1. The molecule has 0 aliphatic rings. The molecule has 0 aliphatic heterocycles. The number of hydrogen-bond acceptors (Lipinski definition) is 5. The van der Waals surface area contributed by atoms with Gasteiger partial charge in [0.15, 0.2) is 5.82 Å². The zero-order valence-corrected chi connectivity index (χ0v) is 14.0. The van der Waals surface area contributed by atoms with Crippen LogP contribution < -0.4 is 11.1 Å². The molecule has 0 aromatic heterocycles. The highest BCUT2D eigenvalue weighted by Gasteiger charge is 2.23. The second kappa shape index (κ2) is 7.81. The summed E-state index contributed by atoms with van der Waals surface area (Å²) in [6.07, 6.45) is -3.25. The minimum atomic E-state index is -1.40. The third-order valence-electron chi connectivity index (χ3n) is 2.93. The number of nitrogen functional groups attached to an aromatic ring is 1. The number of halogens is 2. The van der Waals surface area contributed by atoms with Gasteiger partial charge < -0.3 is 26.0 Å². The van der Waals surface area contributed by atoms with Gasteiger partial charge in [0.1, 0.15) is 11.7 Å². The van der Waals surface area contributed by atoms with Crippen LogP contribution in [0.15, 0.2) is 12.1 Å². The molecule has 1 aromatic rings. The van der Waals surface area contributed by atoms with E-state index < -0.39 is 29.7 Å². The number of alkyl carbamates (subject to hydrolysis) is 1. The quantitative estimate of drug-likeness (QED) is 0.611. The third kappa shape index (κ3) is 5.85. The molecule has 0 heterocycles. The molecule has 5 N–H and O–H groups in total. The molecule has 2 atom stereocenters. The van der Waals surface area contributed by atoms with Crippen molar-refractivity contribution >= 4 is 23.4 Å². The number of ether oxygens (including phenoxy) is 1. The van der Waals surface area contributed by atoms with E-state index in [0.29, 0.717) is 0 Å². The van der Waals surface area contributed by atoms with Crippen LogP contribution in [0.3, 0.4) is 0 Å². The molecule has 0 spiro atoms. The molecule has 0 bridgehead atoms. The van der Waals surface area contributed by atoms with E-state index in [0.717, 1.165) is 0 Å². The Morgan fingerprint density at radius 3 is 2.61 bits per heavy atom. The lowest BCUT2D eigenvalue weighted by Gasteiger charge is -2.22. The summed E-state index contributed by atoms with van der Waals surface area (Å²) in [4.78, 5) is 11.5. The maximum Gasteiger partial charge on any atom is 0.407 e. The molecule has 1 aromatic carbocycles. The molecule has 0 fully saturated rings. The molecule has 8 heteroatoms. The lowest BCUT2D eigenvalue weighted by Crippen LogP contribution is -2.34. The second-order valence-corrected chi connectivity index (χ2v) is 6.48. The van der Waals surface area contributed by atoms with Crippen LogP contribution in [0.1, 0.15) is 38.9 Å². The largest absolute Gasteiger partial charge is 0.444 e. The predicted molar refractivity (Wildman–Crippen MR) is 85.6 cm³/mol. The van der Waals surface area contributed by atoms with E-state index in [1.165, 1.54) is 12.1 Å². The number of rotatable bonds is 5. The number of benzene rings is 1. The van der Waals surface area contributed by atoms with Crippen LogP contribution in [0.2, 0.25) is 5.02 Å². The first-order chi connectivity index (χ1) is 10.5. The average molecular weight is 349 g/mol. The SMILES string of the molecule is CC(C)(C)OC(=O)NCCC(O)C(O)c1ccc(N)c(F)c1Cl. The van der Waals surface area contributed by atoms with Crippen molar-refractivity contribution in [1.29, 1.82) is 0 Å². The second-order valence-electron chi connectivity index (χ2n) is 6.10. The van der Waals surface area contributed by atoms with Crippen molar-refractivity contribution < 1.29 is 24.1 Å². The van der Waals surface area contributed by atoms with E-state index in [1.807, 2.05) is 0 Å². The number of aliphatic hydroxyl groups is 2. The van der Waals surface area contributed by atoms with Gasteiger partial charge in [-0.15, -0.1) is 0 Å². The molecule has 1 amide bonds. The summed E-state index contributed by atoms with van der Waals surface area (Å²) in [5, 5.41) is 22.1. The summed E-state index contributed by atoms with van der Waals surface area (Å²) in [6.45, 7) is 5.25. The summed E-state index contributed by atoms with van der Waals surface area (Å²) in [5.74, 6) is -0.845. The summed E-state index contributed by atoms with van der Waals surface area (Å²) >= 11 is 5.78. The average Bonchev–Trinajstić information content (AvgIpc) is 2.42. The lowest BCUT2D eigenvalue weighted by molar-refractivity contribution is 0.0122. The van der Waals surface area contributed by atoms with Crippen LogP contribution in [0, 0.1) is 5.82 Å². The predicted octanol–water partition coefficient (Wildman–Crippen LogP) is 2.37. The Morgan fingerprint density at radius 2 is 2.04 bits per heavy atom. The Labute approximate surface area is 139 Å². The number of carbonyl (C=O) groups is 1. The highest BCUT2D eigenvalue weighted by atomic mass is 35.5. The van der Waals surface area contributed by atoms with Crippen LogP contribution in [0.5, 0.6) is 0 Å². The number of hydrogen-bond donors (Lipinski definition) is 4. The van der Waals surface area contributed by atoms with Crippen molar-refractivity contribution in [1.82, 2.24) is 5.32 Å². The van der Waals surface area contributed by atoms with E-state index in [2.05, 4.69) is 5.32 Å². The van der Waals surface area contributed by atoms with Crippen molar-refractivity contribution in [3.05, 3.63) is 28.5 Å². The normalized spacial score (nSPS) is 14.2. The summed E-state index contributed by atoms with van der Waals surface area (Å²) in [7, 11) is 0. The first-order valence-corrected chi connectivity index (χ1v) is 7.47. The topological polar surface area (TPSA) is 105 Å². The smallest absolute Gasteiger partial charge is 0.407 e. The molecular formula is C15H22ClFN2O4. The molecular weight excluding hydrogens is 327 g/mol. The first kappa shape index (κ1) is 19.5. The minimum Gasteiger partial charge on any atom is -0.444 e. The molecule has 1 rings (SSSR count). The Kier molecular flexibility index (Phi) is 6.61. The fourth-order valence-electron chi connectivity index (χ4n) is 1.81. The molecule has 6 nitrogen and oxygen atoms in total. The molecule has 0 saturated carbocycles. The monoisotopic (exact) mass is 348 g/mol. The first-order valence-electron chi connectivity index (χ1n) is 7.09. The zero-order chi connectivity index (χ0) is 17.8. The highest BCUT2D eigenvalue weighted by molar-refractivity contribution is 6.31. The van der Waals surface area contributed by atoms with Crippen molar-refractivity contribution in [2.24, 2.45) is 0 Å². The lowest BCUT2D eigenvalue weighted by atomic mass is 10.0. The van der Waals surface area contributed by atoms with Crippen molar-refractivity contribution in [2.45, 2.75) is 45.0 Å². The van der Waals surface area contributed by atoms with Crippen LogP contribution in [0.25, 0.3) is 0 Å². The Balaban J connectivity index is 2.57. The molecule has 0 radical (unpaired) electrons. The Morgan fingerprint density at radius 1 is 1.43 bits per heavy atom. The maximum absolute atomic E-state index is 13.6. The highest BCUT2D eigenvalue weighted by Crippen LogP contribution is 2.31. The molecule has 130 valence electrons. The Hall–Kier alpha value is -1.57. The number of aliphatic hydroxyl groups excluding tert-OH is 2. The van der Waals surface area contributed by atoms with E-state index in [-0.39, 0.29) is 29.2 Å². The van der Waals surface area contributed by atoms with Gasteiger partial charge in [-0.3, -0.25) is 0 Å². The molecule has 0 aliphatic carbocycles. The van der Waals surface area contributed by atoms with Crippen LogP contribution in [0.4, 0.5) is 14.9 Å². The van der Waals surface area contributed by atoms with Gasteiger partial charge in [-0.1, -0.05) is 17.7 Å². The summed E-state index contributed by atoms with van der Waals surface area (Å²) in [6, 6.07) is 2.60. The summed E-state index contributed by atoms with van der Waals surface area (Å²) in [5.41, 5.74) is 4.62. The van der Waals surface area contributed by atoms with Crippen molar-refractivity contribution in [3.8, 4) is 0 Å². The number of nitrogens with two attached hydrogens (primary N) is 1. The fraction of sp³-hybridized carbons (Fsp3) is 0.533. The van der Waals surface area contributed by atoms with E-state index in [1.54, 1.807) is 20.8 Å². The maximum atomic E-state index is 13.6. The van der Waals surface area contributed by atoms with Gasteiger partial charge >= 0.3 is 6.09 Å². The molecule has 2 unspecified atom stereocenters. The fourth-order valence-corrected chi connectivity index (χ4v) is 2.09. The number of anilines is 1. The van der Waals surface area contributed by atoms with Crippen LogP contribution in [-0.4, -0.2) is 34.6 Å². The van der Waals surface area contributed by atoms with Gasteiger partial charge in [-0.2, -0.15) is 0 Å². The van der Waals surface area contributed by atoms with Crippen molar-refractivity contribution in [3.63, 3.8) is 0 Å². The van der Waals surface area contributed by atoms with Gasteiger partial charge in [0.2, 0.25) is 0 Å². The number of nitrogens with one attached hydrogen (secondary N) is 1. The van der Waals surface area contributed by atoms with Gasteiger partial charge in [-0.25, -0.2) is 9.18 Å². The standard InChI is InChI=1S/C15H22ClFN2O4/c1-15(2,3)23-14(22)19-7-6-10(20)13(21)8-4-5-9(18)12(17)11(8)16/h4-5,10,13,20-21H,6-7,18H2,1-3H3,(H,19,22). The van der Waals surface area contributed by atoms with Crippen LogP contribution in [-0.2, 0) is 4.74 Å². The number of amides is 1. The van der Waals surface area contributed by atoms with Gasteiger partial charge in [0.25, 0.3) is 0 Å². The van der Waals surface area contributed by atoms with E-state index >= 15 is 0 Å². The van der Waals surface area contributed by atoms with E-state index in [4.69, 9.17) is 22.1 Å². The van der Waals surface area contributed by atoms with Crippen LogP contribution >= 0.6 is 11.6 Å². The minimum absolute atomic E-state index is 0.0305. The third-order valence-corrected chi connectivity index (χ3v) is 3.32. The molecule has 0 saturated heterocycles. The zero-order valence-electron chi connectivity index (χ0n) is 13.3. The molecule has 23 heavy (non-hydrogen) atoms. The van der Waals surface area contributed by atoms with Gasteiger partial charge in [0, 0.05) is 12.1 Å². The summed E-state index contributed by atoms with van der Waals surface area (Å²) < 4.78 is 18.6. The van der Waals surface area contributed by atoms with Crippen molar-refractivity contribution in [2.75, 3.05) is 12.3 Å². The van der Waals surface area contributed by atoms with Gasteiger partial charge in [0.05, 0.1) is 16.8 Å².